The Balaban J connectivity index is 6.10. The van der Waals surface area contributed by atoms with E-state index in [9.17, 15) is 0 Å². The van der Waals surface area contributed by atoms with Crippen LogP contribution in [0.15, 0.2) is 11.4 Å². The first-order chi connectivity index (χ1) is 9.87. The lowest BCUT2D eigenvalue weighted by Crippen LogP contribution is -2.47. The smallest absolute Gasteiger partial charge is 0.0845 e. The monoisotopic (exact) mass is 340 g/mol. The van der Waals surface area contributed by atoms with E-state index >= 15 is 0 Å². The van der Waals surface area contributed by atoms with Gasteiger partial charge >= 0.3 is 0 Å². The first-order valence-corrected chi connectivity index (χ1v) is 14.2. The molecule has 0 nitrogen and oxygen atoms in total. The third-order valence-electron chi connectivity index (χ3n) is 6.66. The molecule has 132 valence electrons. The SMILES string of the molecule is CC(C)[Si](C=C[Si](C(C)C)(C(C)C)C(C)C)(C(C)C)C(C)C. The molecule has 0 rings (SSSR count). The second kappa shape index (κ2) is 8.32. The number of hydrogen-bond donors (Lipinski definition) is 0. The lowest BCUT2D eigenvalue weighted by molar-refractivity contribution is 0.825. The Bertz CT molecular complexity index is 271. The summed E-state index contributed by atoms with van der Waals surface area (Å²) >= 11 is 0. The van der Waals surface area contributed by atoms with E-state index in [0.717, 1.165) is 33.2 Å². The second-order valence-corrected chi connectivity index (χ2v) is 20.9. The maximum Gasteiger partial charge on any atom is 0.0845 e. The average Bonchev–Trinajstić information content (AvgIpc) is 2.31. The van der Waals surface area contributed by atoms with Crippen LogP contribution >= 0.6 is 0 Å². The van der Waals surface area contributed by atoms with Crippen LogP contribution in [0.1, 0.15) is 83.1 Å². The Hall–Kier alpha value is 0.174. The summed E-state index contributed by atoms with van der Waals surface area (Å²) in [5, 5.41) is 0. The van der Waals surface area contributed by atoms with Crippen molar-refractivity contribution >= 4 is 16.1 Å². The zero-order chi connectivity index (χ0) is 17.9. The third-order valence-corrected chi connectivity index (χ3v) is 20.5. The van der Waals surface area contributed by atoms with Gasteiger partial charge in [0.1, 0.15) is 0 Å². The summed E-state index contributed by atoms with van der Waals surface area (Å²) in [6.45, 7) is 29.7. The van der Waals surface area contributed by atoms with Crippen molar-refractivity contribution < 1.29 is 0 Å². The molecule has 0 aromatic carbocycles. The fraction of sp³-hybridized carbons (Fsp3) is 0.900. The molecule has 0 N–H and O–H groups in total. The van der Waals surface area contributed by atoms with Crippen LogP contribution in [-0.4, -0.2) is 16.1 Å². The van der Waals surface area contributed by atoms with Gasteiger partial charge in [0.15, 0.2) is 0 Å². The fourth-order valence-corrected chi connectivity index (χ4v) is 18.1. The molecule has 0 radical (unpaired) electrons. The molecule has 0 amide bonds. The second-order valence-electron chi connectivity index (χ2n) is 9.26. The van der Waals surface area contributed by atoms with Gasteiger partial charge in [-0.25, -0.2) is 0 Å². The molecule has 0 heterocycles. The van der Waals surface area contributed by atoms with Crippen molar-refractivity contribution in [3.8, 4) is 0 Å². The quantitative estimate of drug-likeness (QED) is 0.393. The minimum atomic E-state index is -1.42. The zero-order valence-corrected chi connectivity index (χ0v) is 19.6. The minimum Gasteiger partial charge on any atom is -0.101 e. The van der Waals surface area contributed by atoms with E-state index < -0.39 is 16.1 Å². The van der Waals surface area contributed by atoms with Crippen molar-refractivity contribution in [2.24, 2.45) is 0 Å². The lowest BCUT2D eigenvalue weighted by Gasteiger charge is -2.45. The molecule has 0 unspecified atom stereocenters. The summed E-state index contributed by atoms with van der Waals surface area (Å²) in [4.78, 5) is 0. The molecule has 0 bridgehead atoms. The van der Waals surface area contributed by atoms with E-state index in [1.165, 1.54) is 0 Å². The summed E-state index contributed by atoms with van der Waals surface area (Å²) < 4.78 is 0. The van der Waals surface area contributed by atoms with Crippen LogP contribution in [0.4, 0.5) is 0 Å². The van der Waals surface area contributed by atoms with Gasteiger partial charge in [-0.05, 0) is 33.2 Å². The summed E-state index contributed by atoms with van der Waals surface area (Å²) in [5.74, 6) is 0. The molecule has 0 saturated carbocycles. The van der Waals surface area contributed by atoms with E-state index in [0.29, 0.717) is 0 Å². The van der Waals surface area contributed by atoms with Crippen molar-refractivity contribution in [1.29, 1.82) is 0 Å². The van der Waals surface area contributed by atoms with Crippen LogP contribution < -0.4 is 0 Å². The van der Waals surface area contributed by atoms with Gasteiger partial charge in [-0.3, -0.25) is 0 Å². The van der Waals surface area contributed by atoms with Gasteiger partial charge in [-0.2, -0.15) is 0 Å². The maximum absolute atomic E-state index is 2.82. The number of hydrogen-bond acceptors (Lipinski definition) is 0. The Kier molecular flexibility index (Phi) is 8.39. The first kappa shape index (κ1) is 22.2. The highest BCUT2D eigenvalue weighted by atomic mass is 28.3. The van der Waals surface area contributed by atoms with Crippen molar-refractivity contribution in [1.82, 2.24) is 0 Å². The van der Waals surface area contributed by atoms with Gasteiger partial charge in [0, 0.05) is 0 Å². The van der Waals surface area contributed by atoms with Crippen molar-refractivity contribution in [2.75, 3.05) is 0 Å². The van der Waals surface area contributed by atoms with Gasteiger partial charge in [0.05, 0.1) is 16.1 Å². The Morgan fingerprint density at radius 1 is 0.364 bits per heavy atom. The molecule has 0 atom stereocenters. The Labute approximate surface area is 144 Å². The third kappa shape index (κ3) is 3.98. The van der Waals surface area contributed by atoms with E-state index in [1.54, 1.807) is 0 Å². The van der Waals surface area contributed by atoms with Crippen molar-refractivity contribution in [2.45, 2.75) is 116 Å². The van der Waals surface area contributed by atoms with E-state index in [4.69, 9.17) is 0 Å². The van der Waals surface area contributed by atoms with Crippen LogP contribution in [-0.2, 0) is 0 Å². The molecular weight excluding hydrogens is 296 g/mol. The highest BCUT2D eigenvalue weighted by Crippen LogP contribution is 2.46. The maximum atomic E-state index is 2.82. The van der Waals surface area contributed by atoms with Gasteiger partial charge in [0.2, 0.25) is 0 Å². The fourth-order valence-electron chi connectivity index (χ4n) is 5.44. The van der Waals surface area contributed by atoms with Crippen molar-refractivity contribution in [3.63, 3.8) is 0 Å². The molecule has 0 spiro atoms. The molecule has 0 aliphatic carbocycles. The molecule has 0 saturated heterocycles. The molecule has 2 heteroatoms. The van der Waals surface area contributed by atoms with Gasteiger partial charge in [-0.1, -0.05) is 83.1 Å². The standard InChI is InChI=1S/C20H44Si2/c1-15(2)21(16(3)4,17(5)6)13-14-22(18(7)8,19(9)10)20(11)12/h13-20H,1-12H3. The van der Waals surface area contributed by atoms with Crippen LogP contribution in [0.25, 0.3) is 0 Å². The lowest BCUT2D eigenvalue weighted by atomic mass is 10.5. The van der Waals surface area contributed by atoms with Crippen LogP contribution in [0.3, 0.4) is 0 Å². The molecule has 0 aromatic heterocycles. The van der Waals surface area contributed by atoms with Gasteiger partial charge in [-0.15, -0.1) is 11.4 Å². The van der Waals surface area contributed by atoms with Gasteiger partial charge < -0.3 is 0 Å². The highest BCUT2D eigenvalue weighted by Gasteiger charge is 2.44. The van der Waals surface area contributed by atoms with Crippen LogP contribution in [0.2, 0.25) is 33.2 Å². The predicted molar refractivity (Wildman–Crippen MR) is 111 cm³/mol. The summed E-state index contributed by atoms with van der Waals surface area (Å²) in [6, 6.07) is 0. The average molecular weight is 341 g/mol. The molecular formula is C20H44Si2. The zero-order valence-electron chi connectivity index (χ0n) is 17.6. The normalized spacial score (nSPS) is 14.8. The highest BCUT2D eigenvalue weighted by molar-refractivity contribution is 6.93. The Morgan fingerprint density at radius 3 is 0.591 bits per heavy atom. The molecule has 0 aliphatic heterocycles. The largest absolute Gasteiger partial charge is 0.101 e. The first-order valence-electron chi connectivity index (χ1n) is 9.57. The molecule has 0 fully saturated rings. The van der Waals surface area contributed by atoms with E-state index in [2.05, 4.69) is 94.5 Å². The predicted octanol–water partition coefficient (Wildman–Crippen LogP) is 7.98. The molecule has 0 aromatic rings. The van der Waals surface area contributed by atoms with Crippen molar-refractivity contribution in [3.05, 3.63) is 11.4 Å². The summed E-state index contributed by atoms with van der Waals surface area (Å²) in [7, 11) is -2.84. The van der Waals surface area contributed by atoms with E-state index in [-0.39, 0.29) is 0 Å². The topological polar surface area (TPSA) is 0 Å². The summed E-state index contributed by atoms with van der Waals surface area (Å²) in [5.41, 5.74) is 10.6. The van der Waals surface area contributed by atoms with Crippen LogP contribution in [0.5, 0.6) is 0 Å². The minimum absolute atomic E-state index is 0.821. The summed E-state index contributed by atoms with van der Waals surface area (Å²) in [6.07, 6.45) is 0. The van der Waals surface area contributed by atoms with E-state index in [1.807, 2.05) is 0 Å². The van der Waals surface area contributed by atoms with Crippen LogP contribution in [0, 0.1) is 0 Å². The number of rotatable bonds is 8. The molecule has 22 heavy (non-hydrogen) atoms. The Morgan fingerprint density at radius 2 is 0.500 bits per heavy atom. The van der Waals surface area contributed by atoms with Gasteiger partial charge in [0.25, 0.3) is 0 Å². The molecule has 0 aliphatic rings.